The van der Waals surface area contributed by atoms with Crippen molar-refractivity contribution in [2.45, 2.75) is 25.3 Å². The van der Waals surface area contributed by atoms with E-state index in [1.807, 2.05) is 25.1 Å². The van der Waals surface area contributed by atoms with Crippen LogP contribution < -0.4 is 15.2 Å². The number of benzene rings is 2. The molecule has 3 nitrogen and oxygen atoms in total. The lowest BCUT2D eigenvalue weighted by Gasteiger charge is -2.30. The Kier molecular flexibility index (Phi) is 3.84. The molecule has 0 heterocycles. The van der Waals surface area contributed by atoms with Gasteiger partial charge in [-0.15, -0.1) is 0 Å². The first-order valence-electron chi connectivity index (χ1n) is 7.33. The highest BCUT2D eigenvalue weighted by Crippen LogP contribution is 2.36. The summed E-state index contributed by atoms with van der Waals surface area (Å²) in [6.07, 6.45) is 1.09. The second-order valence-corrected chi connectivity index (χ2v) is 5.60. The molecule has 0 bridgehead atoms. The molecule has 0 fully saturated rings. The topological polar surface area (TPSA) is 44.5 Å². The van der Waals surface area contributed by atoms with Crippen LogP contribution in [-0.4, -0.2) is 13.7 Å². The Labute approximate surface area is 125 Å². The van der Waals surface area contributed by atoms with Gasteiger partial charge in [-0.25, -0.2) is 0 Å². The molecule has 2 aromatic rings. The summed E-state index contributed by atoms with van der Waals surface area (Å²) in [5.41, 5.74) is 9.87. The summed E-state index contributed by atoms with van der Waals surface area (Å²) < 4.78 is 11.3. The molecule has 1 aliphatic carbocycles. The van der Waals surface area contributed by atoms with Crippen molar-refractivity contribution in [2.24, 2.45) is 5.73 Å². The smallest absolute Gasteiger partial charge is 0.127 e. The van der Waals surface area contributed by atoms with E-state index in [9.17, 15) is 0 Å². The zero-order valence-electron chi connectivity index (χ0n) is 12.5. The fourth-order valence-electron chi connectivity index (χ4n) is 2.84. The summed E-state index contributed by atoms with van der Waals surface area (Å²) in [6.45, 7) is 2.65. The second kappa shape index (κ2) is 5.78. The number of hydrogen-bond acceptors (Lipinski definition) is 3. The maximum Gasteiger partial charge on any atom is 0.127 e. The van der Waals surface area contributed by atoms with Gasteiger partial charge in [-0.05, 0) is 30.5 Å². The van der Waals surface area contributed by atoms with Gasteiger partial charge in [-0.3, -0.25) is 0 Å². The average molecular weight is 283 g/mol. The van der Waals surface area contributed by atoms with E-state index in [2.05, 4.69) is 24.3 Å². The fourth-order valence-corrected chi connectivity index (χ4v) is 2.84. The normalized spacial score (nSPS) is 17.6. The van der Waals surface area contributed by atoms with Gasteiger partial charge in [0.15, 0.2) is 0 Å². The van der Waals surface area contributed by atoms with Gasteiger partial charge in [-0.1, -0.05) is 30.3 Å². The van der Waals surface area contributed by atoms with E-state index in [1.165, 1.54) is 11.1 Å². The molecular formula is C18H21NO2. The summed E-state index contributed by atoms with van der Waals surface area (Å²) in [7, 11) is 1.66. The molecule has 0 amide bonds. The highest BCUT2D eigenvalue weighted by atomic mass is 16.5. The third-order valence-electron chi connectivity index (χ3n) is 4.11. The van der Waals surface area contributed by atoms with Crippen LogP contribution in [-0.2, 0) is 6.42 Å². The third-order valence-corrected chi connectivity index (χ3v) is 4.11. The SMILES string of the molecule is COc1ccc(C(C)N)c(OCC2Cc3ccccc32)c1. The molecule has 21 heavy (non-hydrogen) atoms. The molecule has 0 spiro atoms. The average Bonchev–Trinajstić information content (AvgIpc) is 2.47. The second-order valence-electron chi connectivity index (χ2n) is 5.60. The highest BCUT2D eigenvalue weighted by molar-refractivity contribution is 5.43. The summed E-state index contributed by atoms with van der Waals surface area (Å²) >= 11 is 0. The Morgan fingerprint density at radius 1 is 1.24 bits per heavy atom. The molecule has 2 aromatic carbocycles. The van der Waals surface area contributed by atoms with Crippen LogP contribution in [0.3, 0.4) is 0 Å². The van der Waals surface area contributed by atoms with E-state index in [0.29, 0.717) is 12.5 Å². The minimum atomic E-state index is -0.0559. The van der Waals surface area contributed by atoms with Crippen molar-refractivity contribution >= 4 is 0 Å². The molecule has 3 heteroatoms. The van der Waals surface area contributed by atoms with Crippen molar-refractivity contribution in [1.29, 1.82) is 0 Å². The van der Waals surface area contributed by atoms with Gasteiger partial charge in [-0.2, -0.15) is 0 Å². The van der Waals surface area contributed by atoms with E-state index in [4.69, 9.17) is 15.2 Å². The van der Waals surface area contributed by atoms with E-state index in [0.717, 1.165) is 23.5 Å². The third kappa shape index (κ3) is 2.74. The molecule has 0 radical (unpaired) electrons. The Morgan fingerprint density at radius 3 is 2.76 bits per heavy atom. The van der Waals surface area contributed by atoms with Gasteiger partial charge in [0, 0.05) is 23.6 Å². The van der Waals surface area contributed by atoms with Crippen LogP contribution in [0.5, 0.6) is 11.5 Å². The summed E-state index contributed by atoms with van der Waals surface area (Å²) in [4.78, 5) is 0. The maximum absolute atomic E-state index is 6.04. The van der Waals surface area contributed by atoms with Crippen molar-refractivity contribution < 1.29 is 9.47 Å². The van der Waals surface area contributed by atoms with Crippen LogP contribution in [0, 0.1) is 0 Å². The van der Waals surface area contributed by atoms with Gasteiger partial charge in [0.05, 0.1) is 13.7 Å². The zero-order chi connectivity index (χ0) is 14.8. The monoisotopic (exact) mass is 283 g/mol. The fraction of sp³-hybridized carbons (Fsp3) is 0.333. The lowest BCUT2D eigenvalue weighted by molar-refractivity contribution is 0.270. The summed E-state index contributed by atoms with van der Waals surface area (Å²) in [5, 5.41) is 0. The molecule has 0 aromatic heterocycles. The van der Waals surface area contributed by atoms with E-state index >= 15 is 0 Å². The Morgan fingerprint density at radius 2 is 2.05 bits per heavy atom. The van der Waals surface area contributed by atoms with E-state index in [1.54, 1.807) is 7.11 Å². The number of fused-ring (bicyclic) bond motifs is 1. The van der Waals surface area contributed by atoms with E-state index < -0.39 is 0 Å². The van der Waals surface area contributed by atoms with E-state index in [-0.39, 0.29) is 6.04 Å². The first-order chi connectivity index (χ1) is 10.2. The van der Waals surface area contributed by atoms with Crippen molar-refractivity contribution in [3.8, 4) is 11.5 Å². The largest absolute Gasteiger partial charge is 0.497 e. The lowest BCUT2D eigenvalue weighted by Crippen LogP contribution is -2.23. The molecule has 110 valence electrons. The molecule has 2 unspecified atom stereocenters. The number of ether oxygens (including phenoxy) is 2. The minimum Gasteiger partial charge on any atom is -0.497 e. The van der Waals surface area contributed by atoms with Crippen LogP contribution in [0.25, 0.3) is 0 Å². The van der Waals surface area contributed by atoms with Crippen LogP contribution in [0.1, 0.15) is 35.6 Å². The van der Waals surface area contributed by atoms with Crippen molar-refractivity contribution in [3.63, 3.8) is 0 Å². The van der Waals surface area contributed by atoms with Crippen LogP contribution >= 0.6 is 0 Å². The van der Waals surface area contributed by atoms with Crippen molar-refractivity contribution in [1.82, 2.24) is 0 Å². The molecule has 0 saturated carbocycles. The predicted octanol–water partition coefficient (Wildman–Crippen LogP) is 3.43. The minimum absolute atomic E-state index is 0.0559. The first-order valence-corrected chi connectivity index (χ1v) is 7.33. The Bertz CT molecular complexity index is 637. The summed E-state index contributed by atoms with van der Waals surface area (Å²) in [5.74, 6) is 2.10. The Hall–Kier alpha value is -2.00. The van der Waals surface area contributed by atoms with Gasteiger partial charge < -0.3 is 15.2 Å². The van der Waals surface area contributed by atoms with Crippen LogP contribution in [0.2, 0.25) is 0 Å². The zero-order valence-corrected chi connectivity index (χ0v) is 12.5. The highest BCUT2D eigenvalue weighted by Gasteiger charge is 2.26. The van der Waals surface area contributed by atoms with Crippen LogP contribution in [0.4, 0.5) is 0 Å². The van der Waals surface area contributed by atoms with Crippen LogP contribution in [0.15, 0.2) is 42.5 Å². The standard InChI is InChI=1S/C18H21NO2/c1-12(19)16-8-7-15(20-2)10-18(16)21-11-14-9-13-5-3-4-6-17(13)14/h3-8,10,12,14H,9,11,19H2,1-2H3. The predicted molar refractivity (Wildman–Crippen MR) is 84.0 cm³/mol. The molecule has 2 N–H and O–H groups in total. The first kappa shape index (κ1) is 14.0. The molecule has 2 atom stereocenters. The molecule has 0 saturated heterocycles. The lowest BCUT2D eigenvalue weighted by atomic mass is 9.78. The Balaban J connectivity index is 1.73. The van der Waals surface area contributed by atoms with Crippen molar-refractivity contribution in [2.75, 3.05) is 13.7 Å². The molecule has 0 aliphatic heterocycles. The van der Waals surface area contributed by atoms with Gasteiger partial charge in [0.2, 0.25) is 0 Å². The number of methoxy groups -OCH3 is 1. The molecule has 1 aliphatic rings. The van der Waals surface area contributed by atoms with Gasteiger partial charge >= 0.3 is 0 Å². The quantitative estimate of drug-likeness (QED) is 0.914. The van der Waals surface area contributed by atoms with Gasteiger partial charge in [0.25, 0.3) is 0 Å². The maximum atomic E-state index is 6.04. The van der Waals surface area contributed by atoms with Gasteiger partial charge in [0.1, 0.15) is 11.5 Å². The molecular weight excluding hydrogens is 262 g/mol. The molecule has 3 rings (SSSR count). The number of rotatable bonds is 5. The number of hydrogen-bond donors (Lipinski definition) is 1. The number of nitrogens with two attached hydrogens (primary N) is 1. The summed E-state index contributed by atoms with van der Waals surface area (Å²) in [6, 6.07) is 14.3. The van der Waals surface area contributed by atoms with Crippen molar-refractivity contribution in [3.05, 3.63) is 59.2 Å².